The number of hydrogen-bond acceptors (Lipinski definition) is 5. The molecule has 26 heavy (non-hydrogen) atoms. The van der Waals surface area contributed by atoms with Crippen LogP contribution in [-0.4, -0.2) is 32.4 Å². The molecule has 0 saturated heterocycles. The summed E-state index contributed by atoms with van der Waals surface area (Å²) in [5.74, 6) is 0.858. The van der Waals surface area contributed by atoms with Crippen LogP contribution >= 0.6 is 0 Å². The lowest BCUT2D eigenvalue weighted by atomic mass is 9.96. The molecule has 2 N–H and O–H groups in total. The van der Waals surface area contributed by atoms with Crippen LogP contribution in [0.4, 0.5) is 0 Å². The third kappa shape index (κ3) is 3.81. The van der Waals surface area contributed by atoms with Crippen LogP contribution in [0.2, 0.25) is 0 Å². The molecule has 0 spiro atoms. The van der Waals surface area contributed by atoms with E-state index < -0.39 is 11.5 Å². The van der Waals surface area contributed by atoms with Crippen molar-refractivity contribution in [1.82, 2.24) is 25.3 Å². The van der Waals surface area contributed by atoms with E-state index in [1.54, 1.807) is 0 Å². The van der Waals surface area contributed by atoms with Gasteiger partial charge in [-0.1, -0.05) is 20.8 Å². The van der Waals surface area contributed by atoms with Crippen LogP contribution in [0.25, 0.3) is 0 Å². The Hall–Kier alpha value is -2.57. The summed E-state index contributed by atoms with van der Waals surface area (Å²) in [6.07, 6.45) is 5.05. The highest BCUT2D eigenvalue weighted by atomic mass is 16.2. The number of aromatic amines is 1. The Labute approximate surface area is 152 Å². The van der Waals surface area contributed by atoms with Crippen molar-refractivity contribution in [1.29, 1.82) is 0 Å². The largest absolute Gasteiger partial charge is 0.351 e. The number of fused-ring (bicyclic) bond motifs is 1. The topological polar surface area (TPSA) is 101 Å². The van der Waals surface area contributed by atoms with Gasteiger partial charge in [-0.15, -0.1) is 0 Å². The Morgan fingerprint density at radius 3 is 2.73 bits per heavy atom. The number of nitrogens with one attached hydrogen (secondary N) is 2. The van der Waals surface area contributed by atoms with Gasteiger partial charge in [-0.2, -0.15) is 0 Å². The molecule has 0 bridgehead atoms. The highest BCUT2D eigenvalue weighted by Crippen LogP contribution is 2.22. The molecule has 3 rings (SSSR count). The van der Waals surface area contributed by atoms with E-state index in [4.69, 9.17) is 0 Å². The lowest BCUT2D eigenvalue weighted by Gasteiger charge is -2.16. The summed E-state index contributed by atoms with van der Waals surface area (Å²) in [6, 6.07) is 0. The number of aromatic nitrogens is 4. The fourth-order valence-corrected chi connectivity index (χ4v) is 3.12. The number of carbonyl (C=O) groups excluding carboxylic acids is 1. The Morgan fingerprint density at radius 2 is 2.04 bits per heavy atom. The second-order valence-corrected chi connectivity index (χ2v) is 7.73. The first-order chi connectivity index (χ1) is 12.3. The van der Waals surface area contributed by atoms with Gasteiger partial charge in [-0.25, -0.2) is 15.0 Å². The van der Waals surface area contributed by atoms with Gasteiger partial charge in [0.15, 0.2) is 0 Å². The van der Waals surface area contributed by atoms with Crippen molar-refractivity contribution in [3.8, 4) is 0 Å². The number of rotatable bonds is 4. The predicted molar refractivity (Wildman–Crippen MR) is 98.4 cm³/mol. The Kier molecular flexibility index (Phi) is 4.89. The van der Waals surface area contributed by atoms with E-state index in [0.29, 0.717) is 18.8 Å². The van der Waals surface area contributed by atoms with Gasteiger partial charge in [0.05, 0.1) is 0 Å². The lowest BCUT2D eigenvalue weighted by molar-refractivity contribution is 0.0952. The maximum atomic E-state index is 12.3. The van der Waals surface area contributed by atoms with Crippen molar-refractivity contribution >= 4 is 5.91 Å². The van der Waals surface area contributed by atoms with Crippen molar-refractivity contribution in [2.75, 3.05) is 6.54 Å². The highest BCUT2D eigenvalue weighted by molar-refractivity contribution is 5.93. The summed E-state index contributed by atoms with van der Waals surface area (Å²) in [6.45, 7) is 8.23. The van der Waals surface area contributed by atoms with E-state index in [2.05, 4.69) is 25.3 Å². The fraction of sp³-hybridized carbons (Fsp3) is 0.526. The Bertz CT molecular complexity index is 896. The Morgan fingerprint density at radius 1 is 1.27 bits per heavy atom. The monoisotopic (exact) mass is 355 g/mol. The van der Waals surface area contributed by atoms with Gasteiger partial charge in [-0.05, 0) is 31.7 Å². The number of carbonyl (C=O) groups is 1. The van der Waals surface area contributed by atoms with Gasteiger partial charge in [0.1, 0.15) is 17.2 Å². The molecule has 0 radical (unpaired) electrons. The van der Waals surface area contributed by atoms with Crippen molar-refractivity contribution in [3.63, 3.8) is 0 Å². The minimum atomic E-state index is -0.433. The first-order valence-corrected chi connectivity index (χ1v) is 8.99. The summed E-state index contributed by atoms with van der Waals surface area (Å²) >= 11 is 0. The molecule has 1 aliphatic rings. The zero-order chi connectivity index (χ0) is 18.9. The second-order valence-electron chi connectivity index (χ2n) is 7.73. The van der Waals surface area contributed by atoms with Crippen LogP contribution in [-0.2, 0) is 24.7 Å². The van der Waals surface area contributed by atoms with E-state index in [1.165, 1.54) is 11.8 Å². The SMILES string of the molecule is Cc1nc(CCNC(=O)c2cnc(C(C)(C)C)[nH]c2=O)nc2c1CCC2. The van der Waals surface area contributed by atoms with Crippen molar-refractivity contribution in [3.05, 3.63) is 50.7 Å². The van der Waals surface area contributed by atoms with E-state index in [9.17, 15) is 9.59 Å². The molecule has 2 aromatic heterocycles. The number of amides is 1. The normalized spacial score (nSPS) is 13.5. The molecular weight excluding hydrogens is 330 g/mol. The van der Waals surface area contributed by atoms with Gasteiger partial charge < -0.3 is 10.3 Å². The first-order valence-electron chi connectivity index (χ1n) is 8.99. The molecule has 0 unspecified atom stereocenters. The molecule has 1 aliphatic carbocycles. The van der Waals surface area contributed by atoms with Crippen LogP contribution in [0.15, 0.2) is 11.0 Å². The first kappa shape index (κ1) is 18.2. The standard InChI is InChI=1S/C19H25N5O2/c1-11-12-6-5-7-14(12)23-15(22-11)8-9-20-16(25)13-10-21-18(19(2,3)4)24-17(13)26/h10H,5-9H2,1-4H3,(H,20,25)(H,21,24,26). The fourth-order valence-electron chi connectivity index (χ4n) is 3.12. The number of H-pyrrole nitrogens is 1. The zero-order valence-electron chi connectivity index (χ0n) is 15.8. The van der Waals surface area contributed by atoms with Crippen LogP contribution in [0, 0.1) is 6.92 Å². The minimum Gasteiger partial charge on any atom is -0.351 e. The molecular formula is C19H25N5O2. The molecule has 138 valence electrons. The van der Waals surface area contributed by atoms with E-state index in [1.807, 2.05) is 27.7 Å². The van der Waals surface area contributed by atoms with Crippen molar-refractivity contribution in [2.45, 2.75) is 58.8 Å². The quantitative estimate of drug-likeness (QED) is 0.868. The van der Waals surface area contributed by atoms with Crippen molar-refractivity contribution < 1.29 is 4.79 Å². The Balaban J connectivity index is 1.63. The number of nitrogens with zero attached hydrogens (tertiary/aromatic N) is 3. The summed E-state index contributed by atoms with van der Waals surface area (Å²) in [5, 5.41) is 2.75. The van der Waals surface area contributed by atoms with Crippen LogP contribution in [0.3, 0.4) is 0 Å². The molecule has 7 nitrogen and oxygen atoms in total. The molecule has 2 heterocycles. The maximum absolute atomic E-state index is 12.3. The molecule has 0 aromatic carbocycles. The highest BCUT2D eigenvalue weighted by Gasteiger charge is 2.20. The minimum absolute atomic E-state index is 0.0176. The molecule has 0 fully saturated rings. The summed E-state index contributed by atoms with van der Waals surface area (Å²) in [5.41, 5.74) is 2.76. The van der Waals surface area contributed by atoms with Crippen LogP contribution in [0.1, 0.15) is 66.2 Å². The van der Waals surface area contributed by atoms with Gasteiger partial charge >= 0.3 is 0 Å². The lowest BCUT2D eigenvalue weighted by Crippen LogP contribution is -2.33. The van der Waals surface area contributed by atoms with Crippen molar-refractivity contribution in [2.24, 2.45) is 0 Å². The van der Waals surface area contributed by atoms with E-state index >= 15 is 0 Å². The molecule has 0 saturated carbocycles. The van der Waals surface area contributed by atoms with E-state index in [-0.39, 0.29) is 11.0 Å². The summed E-state index contributed by atoms with van der Waals surface area (Å²) in [4.78, 5) is 40.4. The third-order valence-electron chi connectivity index (χ3n) is 4.57. The molecule has 7 heteroatoms. The summed E-state index contributed by atoms with van der Waals surface area (Å²) < 4.78 is 0. The zero-order valence-corrected chi connectivity index (χ0v) is 15.8. The summed E-state index contributed by atoms with van der Waals surface area (Å²) in [7, 11) is 0. The smallest absolute Gasteiger partial charge is 0.263 e. The van der Waals surface area contributed by atoms with Crippen LogP contribution in [0.5, 0.6) is 0 Å². The molecule has 0 atom stereocenters. The van der Waals surface area contributed by atoms with Crippen LogP contribution < -0.4 is 10.9 Å². The molecule has 2 aromatic rings. The molecule has 0 aliphatic heterocycles. The second kappa shape index (κ2) is 6.97. The van der Waals surface area contributed by atoms with E-state index in [0.717, 1.165) is 36.5 Å². The predicted octanol–water partition coefficient (Wildman–Crippen LogP) is 1.63. The van der Waals surface area contributed by atoms with Gasteiger partial charge in [0.25, 0.3) is 11.5 Å². The number of hydrogen-bond donors (Lipinski definition) is 2. The third-order valence-corrected chi connectivity index (χ3v) is 4.57. The van der Waals surface area contributed by atoms with Gasteiger partial charge in [0.2, 0.25) is 0 Å². The maximum Gasteiger partial charge on any atom is 0.263 e. The van der Waals surface area contributed by atoms with Gasteiger partial charge in [-0.3, -0.25) is 9.59 Å². The van der Waals surface area contributed by atoms with Gasteiger partial charge in [0, 0.05) is 36.0 Å². The molecule has 1 amide bonds. The average molecular weight is 355 g/mol. The average Bonchev–Trinajstić information content (AvgIpc) is 3.03. The number of aryl methyl sites for hydroxylation is 2.